The van der Waals surface area contributed by atoms with Crippen LogP contribution in [0.1, 0.15) is 69.7 Å². The van der Waals surface area contributed by atoms with Crippen LogP contribution in [0.3, 0.4) is 0 Å². The Kier molecular flexibility index (Phi) is 5.71. The van der Waals surface area contributed by atoms with E-state index in [1.807, 2.05) is 12.1 Å². The molecule has 29 heavy (non-hydrogen) atoms. The smallest absolute Gasteiger partial charge is 0.203 e. The molecule has 0 aliphatic heterocycles. The number of methoxy groups -OCH3 is 3. The van der Waals surface area contributed by atoms with Gasteiger partial charge in [-0.05, 0) is 70.6 Å². The number of rotatable bonds is 5. The molecule has 156 valence electrons. The van der Waals surface area contributed by atoms with Gasteiger partial charge >= 0.3 is 0 Å². The molecule has 0 heterocycles. The minimum atomic E-state index is 0.202. The molecule has 0 atom stereocenters. The zero-order chi connectivity index (χ0) is 21.4. The fourth-order valence-corrected chi connectivity index (χ4v) is 4.35. The molecular weight excluding hydrogens is 360 g/mol. The summed E-state index contributed by atoms with van der Waals surface area (Å²) in [5, 5.41) is 0. The summed E-state index contributed by atoms with van der Waals surface area (Å²) in [5.74, 6) is 1.95. The maximum atomic E-state index is 5.50. The highest BCUT2D eigenvalue weighted by Gasteiger charge is 2.36. The van der Waals surface area contributed by atoms with Crippen LogP contribution >= 0.6 is 0 Å². The summed E-state index contributed by atoms with van der Waals surface area (Å²) in [4.78, 5) is 0. The SMILES string of the molecule is COc1cc(C=C(C)c2ccc3c(c2)C(C)(C)CCC3(C)C)cc(OC)c1OC. The van der Waals surface area contributed by atoms with E-state index < -0.39 is 0 Å². The fraction of sp³-hybridized carbons (Fsp3) is 0.462. The zero-order valence-electron chi connectivity index (χ0n) is 19.1. The summed E-state index contributed by atoms with van der Waals surface area (Å²) in [6, 6.07) is 10.9. The van der Waals surface area contributed by atoms with Crippen LogP contribution in [0.5, 0.6) is 17.2 Å². The van der Waals surface area contributed by atoms with Crippen molar-refractivity contribution < 1.29 is 14.2 Å². The lowest BCUT2D eigenvalue weighted by molar-refractivity contribution is 0.324. The van der Waals surface area contributed by atoms with Crippen molar-refractivity contribution in [2.24, 2.45) is 0 Å². The molecule has 1 aliphatic carbocycles. The molecule has 0 radical (unpaired) electrons. The molecule has 2 aromatic carbocycles. The van der Waals surface area contributed by atoms with Gasteiger partial charge in [-0.3, -0.25) is 0 Å². The van der Waals surface area contributed by atoms with Gasteiger partial charge in [0.1, 0.15) is 0 Å². The van der Waals surface area contributed by atoms with Crippen molar-refractivity contribution in [2.75, 3.05) is 21.3 Å². The van der Waals surface area contributed by atoms with E-state index >= 15 is 0 Å². The highest BCUT2D eigenvalue weighted by molar-refractivity contribution is 5.82. The summed E-state index contributed by atoms with van der Waals surface area (Å²) < 4.78 is 16.4. The molecule has 0 unspecified atom stereocenters. The third-order valence-corrected chi connectivity index (χ3v) is 6.38. The number of ether oxygens (including phenoxy) is 3. The van der Waals surface area contributed by atoms with E-state index in [9.17, 15) is 0 Å². The Hall–Kier alpha value is -2.42. The number of hydrogen-bond donors (Lipinski definition) is 0. The van der Waals surface area contributed by atoms with Gasteiger partial charge in [0.05, 0.1) is 21.3 Å². The van der Waals surface area contributed by atoms with Crippen molar-refractivity contribution in [2.45, 2.75) is 58.3 Å². The predicted molar refractivity (Wildman–Crippen MR) is 121 cm³/mol. The predicted octanol–water partition coefficient (Wildman–Crippen LogP) is 6.62. The molecule has 0 aromatic heterocycles. The van der Waals surface area contributed by atoms with Crippen LogP contribution in [0.15, 0.2) is 30.3 Å². The number of benzene rings is 2. The number of fused-ring (bicyclic) bond motifs is 1. The summed E-state index contributed by atoms with van der Waals surface area (Å²) in [7, 11) is 4.91. The summed E-state index contributed by atoms with van der Waals surface area (Å²) in [6.45, 7) is 11.6. The van der Waals surface area contributed by atoms with Crippen LogP contribution < -0.4 is 14.2 Å². The Bertz CT molecular complexity index is 910. The normalized spacial score (nSPS) is 17.4. The molecule has 0 fully saturated rings. The van der Waals surface area contributed by atoms with Gasteiger partial charge in [-0.2, -0.15) is 0 Å². The van der Waals surface area contributed by atoms with E-state index in [-0.39, 0.29) is 10.8 Å². The molecule has 2 aromatic rings. The van der Waals surface area contributed by atoms with Gasteiger partial charge in [-0.25, -0.2) is 0 Å². The Labute approximate surface area is 175 Å². The molecule has 0 saturated carbocycles. The molecular formula is C26H34O3. The van der Waals surface area contributed by atoms with Gasteiger partial charge in [-0.1, -0.05) is 52.0 Å². The van der Waals surface area contributed by atoms with E-state index in [1.54, 1.807) is 21.3 Å². The van der Waals surface area contributed by atoms with Crippen LogP contribution in [-0.4, -0.2) is 21.3 Å². The van der Waals surface area contributed by atoms with Crippen molar-refractivity contribution in [3.63, 3.8) is 0 Å². The van der Waals surface area contributed by atoms with Gasteiger partial charge < -0.3 is 14.2 Å². The molecule has 1 aliphatic rings. The molecule has 0 amide bonds. The summed E-state index contributed by atoms with van der Waals surface area (Å²) >= 11 is 0. The molecule has 0 N–H and O–H groups in total. The quantitative estimate of drug-likeness (QED) is 0.533. The Morgan fingerprint density at radius 1 is 0.793 bits per heavy atom. The van der Waals surface area contributed by atoms with Gasteiger partial charge in [0.2, 0.25) is 5.75 Å². The third-order valence-electron chi connectivity index (χ3n) is 6.38. The topological polar surface area (TPSA) is 27.7 Å². The lowest BCUT2D eigenvalue weighted by Crippen LogP contribution is -2.33. The van der Waals surface area contributed by atoms with Gasteiger partial charge in [0.25, 0.3) is 0 Å². The number of hydrogen-bond acceptors (Lipinski definition) is 3. The molecule has 0 bridgehead atoms. The maximum absolute atomic E-state index is 5.50. The second-order valence-electron chi connectivity index (χ2n) is 9.31. The van der Waals surface area contributed by atoms with Crippen molar-refractivity contribution in [3.05, 3.63) is 52.6 Å². The average Bonchev–Trinajstić information content (AvgIpc) is 2.70. The van der Waals surface area contributed by atoms with Crippen molar-refractivity contribution in [1.82, 2.24) is 0 Å². The highest BCUT2D eigenvalue weighted by Crippen LogP contribution is 2.46. The molecule has 0 saturated heterocycles. The van der Waals surface area contributed by atoms with E-state index in [2.05, 4.69) is 58.9 Å². The van der Waals surface area contributed by atoms with Crippen LogP contribution in [-0.2, 0) is 10.8 Å². The van der Waals surface area contributed by atoms with E-state index in [1.165, 1.54) is 35.1 Å². The third kappa shape index (κ3) is 4.01. The first-order valence-electron chi connectivity index (χ1n) is 10.3. The van der Waals surface area contributed by atoms with Crippen molar-refractivity contribution in [3.8, 4) is 17.2 Å². The van der Waals surface area contributed by atoms with Gasteiger partial charge in [0, 0.05) is 0 Å². The Morgan fingerprint density at radius 2 is 1.34 bits per heavy atom. The van der Waals surface area contributed by atoms with Crippen LogP contribution in [0.2, 0.25) is 0 Å². The molecule has 0 spiro atoms. The second kappa shape index (κ2) is 7.78. The minimum absolute atomic E-state index is 0.202. The van der Waals surface area contributed by atoms with E-state index in [4.69, 9.17) is 14.2 Å². The first-order valence-corrected chi connectivity index (χ1v) is 10.3. The van der Waals surface area contributed by atoms with Crippen LogP contribution in [0.25, 0.3) is 11.6 Å². The maximum Gasteiger partial charge on any atom is 0.203 e. The standard InChI is InChI=1S/C26H34O3/c1-17(13-18-14-22(27-6)24(29-8)23(15-18)28-7)19-9-10-20-21(16-19)26(4,5)12-11-25(20,2)3/h9-10,13-16H,11-12H2,1-8H3. The lowest BCUT2D eigenvalue weighted by atomic mass is 9.63. The molecule has 3 nitrogen and oxygen atoms in total. The van der Waals surface area contributed by atoms with E-state index in [0.717, 1.165) is 5.56 Å². The van der Waals surface area contributed by atoms with Gasteiger partial charge in [0.15, 0.2) is 11.5 Å². The zero-order valence-corrected chi connectivity index (χ0v) is 19.1. The second-order valence-corrected chi connectivity index (χ2v) is 9.31. The lowest BCUT2D eigenvalue weighted by Gasteiger charge is -2.42. The van der Waals surface area contributed by atoms with Crippen molar-refractivity contribution in [1.29, 1.82) is 0 Å². The van der Waals surface area contributed by atoms with Crippen LogP contribution in [0.4, 0.5) is 0 Å². The largest absolute Gasteiger partial charge is 0.493 e. The van der Waals surface area contributed by atoms with Crippen molar-refractivity contribution >= 4 is 11.6 Å². The summed E-state index contributed by atoms with van der Waals surface area (Å²) in [5.41, 5.74) is 6.88. The molecule has 3 heteroatoms. The Morgan fingerprint density at radius 3 is 1.86 bits per heavy atom. The Balaban J connectivity index is 2.06. The molecule has 3 rings (SSSR count). The van der Waals surface area contributed by atoms with Gasteiger partial charge in [-0.15, -0.1) is 0 Å². The number of allylic oxidation sites excluding steroid dienone is 1. The first-order chi connectivity index (χ1) is 13.6. The van der Waals surface area contributed by atoms with Crippen LogP contribution in [0, 0.1) is 0 Å². The fourth-order valence-electron chi connectivity index (χ4n) is 4.35. The highest BCUT2D eigenvalue weighted by atomic mass is 16.5. The van der Waals surface area contributed by atoms with E-state index in [0.29, 0.717) is 17.2 Å². The monoisotopic (exact) mass is 394 g/mol. The minimum Gasteiger partial charge on any atom is -0.493 e. The first kappa shape index (κ1) is 21.3. The average molecular weight is 395 g/mol. The summed E-state index contributed by atoms with van der Waals surface area (Å²) in [6.07, 6.45) is 4.62.